The number of hydrogen-bond acceptors (Lipinski definition) is 3. The number of rotatable bonds is 5. The van der Waals surface area contributed by atoms with Gasteiger partial charge in [-0.25, -0.2) is 0 Å². The van der Waals surface area contributed by atoms with Gasteiger partial charge >= 0.3 is 0 Å². The standard InChI is InChI=1S/C13H25BN3/c1-10(2)16-9-17(13(5)12(16)4)11(3)8-14-15(6)7/h10-11H,8H2,1-7H3. The lowest BCUT2D eigenvalue weighted by Gasteiger charge is -2.29. The molecule has 1 aliphatic rings. The molecule has 0 aromatic rings. The summed E-state index contributed by atoms with van der Waals surface area (Å²) in [6.45, 7) is 14.5. The average Bonchev–Trinajstić information content (AvgIpc) is 2.53. The van der Waals surface area contributed by atoms with E-state index in [1.807, 2.05) is 0 Å². The van der Waals surface area contributed by atoms with Gasteiger partial charge in [0.2, 0.25) is 14.1 Å². The Labute approximate surface area is 108 Å². The summed E-state index contributed by atoms with van der Waals surface area (Å²) >= 11 is 0. The van der Waals surface area contributed by atoms with E-state index >= 15 is 0 Å². The molecule has 0 saturated carbocycles. The monoisotopic (exact) mass is 234 g/mol. The molecule has 3 radical (unpaired) electrons. The largest absolute Gasteiger partial charge is 0.352 e. The molecule has 1 aliphatic heterocycles. The van der Waals surface area contributed by atoms with Crippen molar-refractivity contribution in [3.8, 4) is 0 Å². The minimum atomic E-state index is 0.455. The van der Waals surface area contributed by atoms with Gasteiger partial charge in [0.25, 0.3) is 0 Å². The first-order valence-corrected chi connectivity index (χ1v) is 6.36. The van der Waals surface area contributed by atoms with E-state index in [1.54, 1.807) is 0 Å². The molecule has 4 heteroatoms. The highest BCUT2D eigenvalue weighted by molar-refractivity contribution is 6.31. The zero-order valence-corrected chi connectivity index (χ0v) is 12.3. The van der Waals surface area contributed by atoms with Crippen LogP contribution in [-0.4, -0.2) is 48.2 Å². The number of hydrogen-bond donors (Lipinski definition) is 0. The Morgan fingerprint density at radius 2 is 1.65 bits per heavy atom. The lowest BCUT2D eigenvalue weighted by atomic mass is 9.83. The second kappa shape index (κ2) is 5.81. The van der Waals surface area contributed by atoms with Crippen LogP contribution >= 0.6 is 0 Å². The fourth-order valence-corrected chi connectivity index (χ4v) is 2.02. The zero-order valence-electron chi connectivity index (χ0n) is 12.3. The van der Waals surface area contributed by atoms with E-state index in [9.17, 15) is 0 Å². The first-order valence-electron chi connectivity index (χ1n) is 6.36. The van der Waals surface area contributed by atoms with Crippen LogP contribution in [-0.2, 0) is 0 Å². The third kappa shape index (κ3) is 3.41. The average molecular weight is 234 g/mol. The highest BCUT2D eigenvalue weighted by Crippen LogP contribution is 2.30. The van der Waals surface area contributed by atoms with Crippen LogP contribution in [0.15, 0.2) is 11.4 Å². The second-order valence-corrected chi connectivity index (χ2v) is 5.34. The molecule has 1 unspecified atom stereocenters. The van der Waals surface area contributed by atoms with Crippen LogP contribution in [0.2, 0.25) is 6.32 Å². The summed E-state index contributed by atoms with van der Waals surface area (Å²) in [6, 6.07) is 0.927. The third-order valence-corrected chi connectivity index (χ3v) is 3.23. The van der Waals surface area contributed by atoms with Crippen molar-refractivity contribution in [2.24, 2.45) is 0 Å². The van der Waals surface area contributed by atoms with E-state index in [1.165, 1.54) is 11.4 Å². The van der Waals surface area contributed by atoms with Gasteiger partial charge in [0.1, 0.15) is 0 Å². The van der Waals surface area contributed by atoms with Crippen molar-refractivity contribution < 1.29 is 0 Å². The lowest BCUT2D eigenvalue weighted by Crippen LogP contribution is -2.34. The van der Waals surface area contributed by atoms with Gasteiger partial charge < -0.3 is 14.6 Å². The minimum absolute atomic E-state index is 0.455. The molecule has 0 aromatic heterocycles. The normalized spacial score (nSPS) is 18.6. The third-order valence-electron chi connectivity index (χ3n) is 3.23. The summed E-state index contributed by atoms with van der Waals surface area (Å²) in [5.74, 6) is 0. The van der Waals surface area contributed by atoms with E-state index in [2.05, 4.69) is 77.4 Å². The molecule has 3 nitrogen and oxygen atoms in total. The quantitative estimate of drug-likeness (QED) is 0.675. The highest BCUT2D eigenvalue weighted by Gasteiger charge is 2.29. The summed E-state index contributed by atoms with van der Waals surface area (Å²) in [4.78, 5) is 6.59. The van der Waals surface area contributed by atoms with Gasteiger partial charge in [-0.05, 0) is 55.0 Å². The van der Waals surface area contributed by atoms with Crippen molar-refractivity contribution in [2.75, 3.05) is 14.1 Å². The van der Waals surface area contributed by atoms with E-state index < -0.39 is 0 Å². The van der Waals surface area contributed by atoms with E-state index in [0.29, 0.717) is 12.1 Å². The molecule has 17 heavy (non-hydrogen) atoms. The smallest absolute Gasteiger partial charge is 0.209 e. The summed E-state index contributed by atoms with van der Waals surface area (Å²) in [6.07, 6.45) is 1.04. The van der Waals surface area contributed by atoms with Crippen molar-refractivity contribution in [1.82, 2.24) is 14.6 Å². The molecular formula is C13H25BN3. The Morgan fingerprint density at radius 1 is 1.12 bits per heavy atom. The van der Waals surface area contributed by atoms with Crippen molar-refractivity contribution >= 4 is 7.41 Å². The van der Waals surface area contributed by atoms with Gasteiger partial charge in [-0.1, -0.05) is 0 Å². The molecule has 0 saturated heterocycles. The summed E-state index contributed by atoms with van der Waals surface area (Å²) < 4.78 is 0. The van der Waals surface area contributed by atoms with E-state index in [4.69, 9.17) is 0 Å². The van der Waals surface area contributed by atoms with Gasteiger partial charge in [0.15, 0.2) is 0 Å². The molecule has 0 aliphatic carbocycles. The second-order valence-electron chi connectivity index (χ2n) is 5.34. The Hall–Kier alpha value is -0.635. The van der Waals surface area contributed by atoms with E-state index in [0.717, 1.165) is 6.32 Å². The van der Waals surface area contributed by atoms with Crippen LogP contribution in [0, 0.1) is 6.67 Å². The van der Waals surface area contributed by atoms with Gasteiger partial charge in [0.05, 0.1) is 0 Å². The predicted molar refractivity (Wildman–Crippen MR) is 74.1 cm³/mol. The Balaban J connectivity index is 2.62. The molecule has 95 valence electrons. The summed E-state index contributed by atoms with van der Waals surface area (Å²) in [5, 5.41) is 0. The molecule has 1 heterocycles. The Morgan fingerprint density at radius 3 is 2.06 bits per heavy atom. The van der Waals surface area contributed by atoms with Crippen LogP contribution < -0.4 is 0 Å². The fraction of sp³-hybridized carbons (Fsp3) is 0.769. The predicted octanol–water partition coefficient (Wildman–Crippen LogP) is 2.25. The maximum absolute atomic E-state index is 3.47. The van der Waals surface area contributed by atoms with Crippen LogP contribution in [0.3, 0.4) is 0 Å². The molecule has 0 amide bonds. The van der Waals surface area contributed by atoms with Crippen LogP contribution in [0.5, 0.6) is 0 Å². The van der Waals surface area contributed by atoms with Crippen LogP contribution in [0.25, 0.3) is 0 Å². The summed E-state index contributed by atoms with van der Waals surface area (Å²) in [5.41, 5.74) is 2.63. The highest BCUT2D eigenvalue weighted by atomic mass is 15.4. The molecule has 0 spiro atoms. The molecule has 0 fully saturated rings. The SMILES string of the molecule is CC1=C(C)N(C(C)C[B]N(C)C)[C]N1C(C)C. The first-order chi connectivity index (χ1) is 7.84. The molecule has 1 atom stereocenters. The number of allylic oxidation sites excluding steroid dienone is 2. The minimum Gasteiger partial charge on any atom is -0.352 e. The van der Waals surface area contributed by atoms with Crippen molar-refractivity contribution in [3.63, 3.8) is 0 Å². The first kappa shape index (κ1) is 14.4. The van der Waals surface area contributed by atoms with Crippen LogP contribution in [0.1, 0.15) is 34.6 Å². The number of nitrogens with zero attached hydrogens (tertiary/aromatic N) is 3. The lowest BCUT2D eigenvalue weighted by molar-refractivity contribution is 0.255. The molecular weight excluding hydrogens is 209 g/mol. The van der Waals surface area contributed by atoms with Gasteiger partial charge in [-0.15, -0.1) is 0 Å². The zero-order chi connectivity index (χ0) is 13.2. The maximum atomic E-state index is 3.47. The van der Waals surface area contributed by atoms with Gasteiger partial charge in [-0.2, -0.15) is 0 Å². The molecule has 0 aromatic carbocycles. The maximum Gasteiger partial charge on any atom is 0.209 e. The molecule has 1 rings (SSSR count). The molecule has 0 N–H and O–H groups in total. The summed E-state index contributed by atoms with van der Waals surface area (Å²) in [7, 11) is 6.35. The molecule has 0 bridgehead atoms. The van der Waals surface area contributed by atoms with Crippen LogP contribution in [0.4, 0.5) is 0 Å². The topological polar surface area (TPSA) is 9.72 Å². The van der Waals surface area contributed by atoms with Gasteiger partial charge in [0, 0.05) is 23.5 Å². The van der Waals surface area contributed by atoms with Crippen molar-refractivity contribution in [1.29, 1.82) is 0 Å². The van der Waals surface area contributed by atoms with E-state index in [-0.39, 0.29) is 0 Å². The fourth-order valence-electron chi connectivity index (χ4n) is 2.02. The Bertz CT molecular complexity index is 286. The van der Waals surface area contributed by atoms with Gasteiger partial charge in [-0.3, -0.25) is 0 Å². The van der Waals surface area contributed by atoms with Crippen molar-refractivity contribution in [3.05, 3.63) is 18.1 Å². The van der Waals surface area contributed by atoms with Crippen molar-refractivity contribution in [2.45, 2.75) is 53.0 Å². The Kier molecular flexibility index (Phi) is 4.93.